The third kappa shape index (κ3) is 4.48. The Morgan fingerprint density at radius 2 is 1.81 bits per heavy atom. The molecule has 1 amide bonds. The van der Waals surface area contributed by atoms with Crippen LogP contribution in [0.25, 0.3) is 0 Å². The molecule has 2 unspecified atom stereocenters. The van der Waals surface area contributed by atoms with Crippen LogP contribution in [0.2, 0.25) is 0 Å². The number of para-hydroxylation sites is 1. The number of phenols is 1. The number of nitrogens with zero attached hydrogens (tertiary/aromatic N) is 1. The van der Waals surface area contributed by atoms with Gasteiger partial charge in [0.2, 0.25) is 0 Å². The van der Waals surface area contributed by atoms with Crippen LogP contribution < -0.4 is 9.64 Å². The molecule has 1 aliphatic rings. The van der Waals surface area contributed by atoms with E-state index in [0.29, 0.717) is 23.4 Å². The van der Waals surface area contributed by atoms with Gasteiger partial charge in [0.05, 0.1) is 7.11 Å². The van der Waals surface area contributed by atoms with Crippen molar-refractivity contribution < 1.29 is 23.8 Å². The van der Waals surface area contributed by atoms with E-state index in [2.05, 4.69) is 0 Å². The van der Waals surface area contributed by atoms with Crippen LogP contribution >= 0.6 is 0 Å². The maximum atomic E-state index is 13.1. The molecule has 0 saturated carbocycles. The molecule has 0 bridgehead atoms. The predicted octanol–water partition coefficient (Wildman–Crippen LogP) is 5.63. The van der Waals surface area contributed by atoms with Crippen LogP contribution in [0.15, 0.2) is 72.8 Å². The summed E-state index contributed by atoms with van der Waals surface area (Å²) in [7, 11) is 1.53. The highest BCUT2D eigenvalue weighted by Gasteiger charge is 2.44. The van der Waals surface area contributed by atoms with Crippen molar-refractivity contribution in [2.24, 2.45) is 0 Å². The second-order valence-electron chi connectivity index (χ2n) is 7.52. The lowest BCUT2D eigenvalue weighted by molar-refractivity contribution is 0.124. The molecule has 4 rings (SSSR count). The number of ether oxygens (including phenoxy) is 2. The van der Waals surface area contributed by atoms with Crippen molar-refractivity contribution in [3.8, 4) is 11.5 Å². The summed E-state index contributed by atoms with van der Waals surface area (Å²) < 4.78 is 24.1. The van der Waals surface area contributed by atoms with Crippen molar-refractivity contribution >= 4 is 11.8 Å². The number of benzene rings is 3. The van der Waals surface area contributed by atoms with E-state index in [1.165, 1.54) is 25.3 Å². The Hall–Kier alpha value is -3.54. The van der Waals surface area contributed by atoms with Crippen LogP contribution in [-0.2, 0) is 11.2 Å². The zero-order valence-corrected chi connectivity index (χ0v) is 17.2. The number of hydrogen-bond acceptors (Lipinski definition) is 4. The highest BCUT2D eigenvalue weighted by atomic mass is 19.1. The van der Waals surface area contributed by atoms with Crippen LogP contribution in [0, 0.1) is 5.82 Å². The molecule has 1 aliphatic heterocycles. The molecule has 1 N–H and O–H groups in total. The van der Waals surface area contributed by atoms with Crippen molar-refractivity contribution in [2.45, 2.75) is 31.4 Å². The van der Waals surface area contributed by atoms with Gasteiger partial charge in [0.1, 0.15) is 29.5 Å². The van der Waals surface area contributed by atoms with E-state index in [1.807, 2.05) is 30.3 Å². The fraction of sp³-hybridized carbons (Fsp3) is 0.240. The van der Waals surface area contributed by atoms with Gasteiger partial charge >= 0.3 is 6.09 Å². The van der Waals surface area contributed by atoms with Gasteiger partial charge < -0.3 is 14.6 Å². The van der Waals surface area contributed by atoms with Crippen molar-refractivity contribution in [3.05, 3.63) is 89.7 Å². The number of carbonyl (C=O) groups excluding carboxylic acids is 1. The van der Waals surface area contributed by atoms with E-state index in [0.717, 1.165) is 18.4 Å². The maximum absolute atomic E-state index is 13.1. The Bertz CT molecular complexity index is 1040. The molecule has 3 aromatic carbocycles. The first-order valence-electron chi connectivity index (χ1n) is 10.2. The van der Waals surface area contributed by atoms with Crippen molar-refractivity contribution in [2.75, 3.05) is 12.0 Å². The minimum atomic E-state index is -0.478. The summed E-state index contributed by atoms with van der Waals surface area (Å²) in [6.45, 7) is 0. The van der Waals surface area contributed by atoms with Gasteiger partial charge in [-0.25, -0.2) is 9.18 Å². The summed E-state index contributed by atoms with van der Waals surface area (Å²) in [6, 6.07) is 20.3. The van der Waals surface area contributed by atoms with E-state index in [-0.39, 0.29) is 11.6 Å². The van der Waals surface area contributed by atoms with E-state index < -0.39 is 18.2 Å². The topological polar surface area (TPSA) is 59.0 Å². The number of hydrogen-bond donors (Lipinski definition) is 1. The third-order valence-electron chi connectivity index (χ3n) is 5.54. The van der Waals surface area contributed by atoms with E-state index in [9.17, 15) is 14.3 Å². The highest BCUT2D eigenvalue weighted by Crippen LogP contribution is 2.43. The zero-order chi connectivity index (χ0) is 21.8. The Morgan fingerprint density at radius 3 is 2.48 bits per heavy atom. The van der Waals surface area contributed by atoms with Gasteiger partial charge in [-0.2, -0.15) is 0 Å². The van der Waals surface area contributed by atoms with Crippen LogP contribution in [-0.4, -0.2) is 24.4 Å². The SMILES string of the molecule is COc1ccc(C2C(CCCc3ccc(F)cc3)OC(=O)N2c2ccccc2)c(O)c1. The van der Waals surface area contributed by atoms with Gasteiger partial charge in [-0.1, -0.05) is 30.3 Å². The molecule has 0 aromatic heterocycles. The van der Waals surface area contributed by atoms with Crippen LogP contribution in [0.4, 0.5) is 14.9 Å². The molecule has 3 aromatic rings. The number of aromatic hydroxyl groups is 1. The van der Waals surface area contributed by atoms with E-state index in [4.69, 9.17) is 9.47 Å². The van der Waals surface area contributed by atoms with Crippen molar-refractivity contribution in [1.82, 2.24) is 0 Å². The second-order valence-corrected chi connectivity index (χ2v) is 7.52. The quantitative estimate of drug-likeness (QED) is 0.537. The largest absolute Gasteiger partial charge is 0.507 e. The van der Waals surface area contributed by atoms with Gasteiger partial charge in [0.25, 0.3) is 0 Å². The minimum Gasteiger partial charge on any atom is -0.507 e. The first kappa shape index (κ1) is 20.7. The average molecular weight is 421 g/mol. The average Bonchev–Trinajstić information content (AvgIpc) is 3.11. The number of halogens is 1. The molecule has 5 nitrogen and oxygen atoms in total. The Balaban J connectivity index is 1.60. The number of methoxy groups -OCH3 is 1. The molecule has 6 heteroatoms. The van der Waals surface area contributed by atoms with E-state index >= 15 is 0 Å². The van der Waals surface area contributed by atoms with Crippen LogP contribution in [0.5, 0.6) is 11.5 Å². The summed E-state index contributed by atoms with van der Waals surface area (Å²) in [5.41, 5.74) is 2.32. The number of phenolic OH excluding ortho intramolecular Hbond substituents is 1. The number of amides is 1. The number of rotatable bonds is 7. The normalized spacial score (nSPS) is 18.1. The Labute approximate surface area is 180 Å². The standard InChI is InChI=1S/C25H24FNO4/c1-30-20-14-15-21(22(28)16-20)24-23(9-5-6-17-10-12-18(26)13-11-17)31-25(29)27(24)19-7-3-2-4-8-19/h2-4,7-8,10-16,23-24,28H,5-6,9H2,1H3. The van der Waals surface area contributed by atoms with Crippen LogP contribution in [0.3, 0.4) is 0 Å². The molecule has 2 atom stereocenters. The Kier molecular flexibility index (Phi) is 6.07. The van der Waals surface area contributed by atoms with Gasteiger partial charge in [-0.15, -0.1) is 0 Å². The number of anilines is 1. The van der Waals surface area contributed by atoms with Gasteiger partial charge in [0.15, 0.2) is 0 Å². The smallest absolute Gasteiger partial charge is 0.415 e. The molecule has 0 spiro atoms. The molecule has 0 aliphatic carbocycles. The molecule has 31 heavy (non-hydrogen) atoms. The lowest BCUT2D eigenvalue weighted by Gasteiger charge is -2.26. The molecule has 0 radical (unpaired) electrons. The fourth-order valence-corrected chi connectivity index (χ4v) is 4.00. The number of carbonyl (C=O) groups is 1. The summed E-state index contributed by atoms with van der Waals surface area (Å²) in [5.74, 6) is 0.319. The number of cyclic esters (lactones) is 1. The Morgan fingerprint density at radius 1 is 1.06 bits per heavy atom. The summed E-state index contributed by atoms with van der Waals surface area (Å²) in [4.78, 5) is 14.4. The number of aryl methyl sites for hydroxylation is 1. The van der Waals surface area contributed by atoms with E-state index in [1.54, 1.807) is 29.2 Å². The molecule has 1 saturated heterocycles. The maximum Gasteiger partial charge on any atom is 0.415 e. The molecular weight excluding hydrogens is 397 g/mol. The molecular formula is C25H24FNO4. The summed E-state index contributed by atoms with van der Waals surface area (Å²) >= 11 is 0. The first-order chi connectivity index (χ1) is 15.1. The van der Waals surface area contributed by atoms with Gasteiger partial charge in [-0.3, -0.25) is 4.90 Å². The summed E-state index contributed by atoms with van der Waals surface area (Å²) in [6.07, 6.45) is 1.20. The first-order valence-corrected chi connectivity index (χ1v) is 10.2. The highest BCUT2D eigenvalue weighted by molar-refractivity contribution is 5.91. The van der Waals surface area contributed by atoms with Crippen molar-refractivity contribution in [3.63, 3.8) is 0 Å². The minimum absolute atomic E-state index is 0.0483. The van der Waals surface area contributed by atoms with Crippen molar-refractivity contribution in [1.29, 1.82) is 0 Å². The molecule has 1 heterocycles. The van der Waals surface area contributed by atoms with Gasteiger partial charge in [0, 0.05) is 17.3 Å². The molecule has 1 fully saturated rings. The molecule has 160 valence electrons. The lowest BCUT2D eigenvalue weighted by atomic mass is 9.94. The van der Waals surface area contributed by atoms with Crippen LogP contribution in [0.1, 0.15) is 30.0 Å². The third-order valence-corrected chi connectivity index (χ3v) is 5.54. The lowest BCUT2D eigenvalue weighted by Crippen LogP contribution is -2.29. The fourth-order valence-electron chi connectivity index (χ4n) is 4.00. The predicted molar refractivity (Wildman–Crippen MR) is 116 cm³/mol. The second kappa shape index (κ2) is 9.08. The zero-order valence-electron chi connectivity index (χ0n) is 17.2. The monoisotopic (exact) mass is 421 g/mol. The summed E-state index contributed by atoms with van der Waals surface area (Å²) in [5, 5.41) is 10.7. The van der Waals surface area contributed by atoms with Gasteiger partial charge in [-0.05, 0) is 61.2 Å².